The van der Waals surface area contributed by atoms with Crippen LogP contribution in [0.1, 0.15) is 44.4 Å². The molecule has 2 nitrogen and oxygen atoms in total. The van der Waals surface area contributed by atoms with Crippen molar-refractivity contribution in [1.82, 2.24) is 5.32 Å². The molecule has 0 saturated heterocycles. The Labute approximate surface area is 109 Å². The number of unbranched alkanes of at least 4 members (excludes halogenated alkanes) is 3. The smallest absolute Gasteiger partial charge is 0.0809 e. The molecule has 0 aliphatic rings. The lowest BCUT2D eigenvalue weighted by Gasteiger charge is -2.07. The van der Waals surface area contributed by atoms with Crippen molar-refractivity contribution in [3.63, 3.8) is 0 Å². The zero-order valence-corrected chi connectivity index (χ0v) is 11.9. The zero-order chi connectivity index (χ0) is 12.3. The monoisotopic (exact) mass is 255 g/mol. The van der Waals surface area contributed by atoms with Crippen molar-refractivity contribution in [3.8, 4) is 0 Å². The van der Waals surface area contributed by atoms with Gasteiger partial charge in [-0.1, -0.05) is 32.8 Å². The van der Waals surface area contributed by atoms with Gasteiger partial charge in [-0.25, -0.2) is 0 Å². The molecule has 0 unspecified atom stereocenters. The van der Waals surface area contributed by atoms with Crippen molar-refractivity contribution in [3.05, 3.63) is 22.4 Å². The maximum absolute atomic E-state index is 5.62. The van der Waals surface area contributed by atoms with Gasteiger partial charge in [0.25, 0.3) is 0 Å². The third kappa shape index (κ3) is 8.36. The van der Waals surface area contributed by atoms with E-state index < -0.39 is 0 Å². The summed E-state index contributed by atoms with van der Waals surface area (Å²) in [4.78, 5) is 1.33. The maximum Gasteiger partial charge on any atom is 0.0809 e. The molecule has 0 bridgehead atoms. The summed E-state index contributed by atoms with van der Waals surface area (Å²) in [6.07, 6.45) is 5.06. The summed E-state index contributed by atoms with van der Waals surface area (Å²) >= 11 is 1.77. The van der Waals surface area contributed by atoms with Crippen LogP contribution in [0.5, 0.6) is 0 Å². The molecular weight excluding hydrogens is 230 g/mol. The van der Waals surface area contributed by atoms with Gasteiger partial charge in [-0.3, -0.25) is 0 Å². The highest BCUT2D eigenvalue weighted by molar-refractivity contribution is 7.09. The highest BCUT2D eigenvalue weighted by Gasteiger charge is 1.95. The molecule has 0 fully saturated rings. The van der Waals surface area contributed by atoms with E-state index in [-0.39, 0.29) is 0 Å². The van der Waals surface area contributed by atoms with Crippen LogP contribution < -0.4 is 5.32 Å². The van der Waals surface area contributed by atoms with Crippen LogP contribution in [0, 0.1) is 0 Å². The molecule has 0 amide bonds. The standard InChI is InChI=1S/C14H25NOS/c1-13(2)15-9-5-3-4-6-10-16-12-14-8-7-11-17-14/h7-8,11,13,15H,3-6,9-10,12H2,1-2H3. The van der Waals surface area contributed by atoms with Gasteiger partial charge in [0.1, 0.15) is 0 Å². The van der Waals surface area contributed by atoms with Gasteiger partial charge in [0.15, 0.2) is 0 Å². The molecule has 98 valence electrons. The molecule has 1 N–H and O–H groups in total. The fourth-order valence-corrected chi connectivity index (χ4v) is 2.28. The Balaban J connectivity index is 1.79. The van der Waals surface area contributed by atoms with Gasteiger partial charge >= 0.3 is 0 Å². The van der Waals surface area contributed by atoms with Crippen molar-refractivity contribution in [2.75, 3.05) is 13.2 Å². The van der Waals surface area contributed by atoms with Gasteiger partial charge in [-0.15, -0.1) is 11.3 Å². The molecule has 1 aromatic heterocycles. The van der Waals surface area contributed by atoms with Crippen molar-refractivity contribution in [2.24, 2.45) is 0 Å². The Kier molecular flexibility index (Phi) is 8.32. The normalized spacial score (nSPS) is 11.2. The minimum Gasteiger partial charge on any atom is -0.376 e. The first-order valence-corrected chi connectivity index (χ1v) is 7.50. The largest absolute Gasteiger partial charge is 0.376 e. The van der Waals surface area contributed by atoms with Crippen LogP contribution in [-0.4, -0.2) is 19.2 Å². The van der Waals surface area contributed by atoms with Gasteiger partial charge < -0.3 is 10.1 Å². The lowest BCUT2D eigenvalue weighted by molar-refractivity contribution is 0.119. The molecule has 1 aromatic rings. The molecule has 0 aliphatic heterocycles. The summed E-state index contributed by atoms with van der Waals surface area (Å²) in [6.45, 7) is 7.21. The number of hydrogen-bond acceptors (Lipinski definition) is 3. The Morgan fingerprint density at radius 2 is 2.06 bits per heavy atom. The second kappa shape index (κ2) is 9.63. The molecular formula is C14H25NOS. The Hall–Kier alpha value is -0.380. The van der Waals surface area contributed by atoms with E-state index in [1.54, 1.807) is 11.3 Å². The molecule has 1 heterocycles. The molecule has 17 heavy (non-hydrogen) atoms. The molecule has 1 rings (SSSR count). The molecule has 3 heteroatoms. The minimum atomic E-state index is 0.615. The second-order valence-corrected chi connectivity index (χ2v) is 5.69. The molecule has 0 atom stereocenters. The topological polar surface area (TPSA) is 21.3 Å². The zero-order valence-electron chi connectivity index (χ0n) is 11.1. The first-order chi connectivity index (χ1) is 8.29. The van der Waals surface area contributed by atoms with E-state index in [2.05, 4.69) is 36.7 Å². The SMILES string of the molecule is CC(C)NCCCCCCOCc1cccs1. The number of nitrogens with one attached hydrogen (secondary N) is 1. The molecule has 0 radical (unpaired) electrons. The average Bonchev–Trinajstić information content (AvgIpc) is 2.79. The maximum atomic E-state index is 5.62. The summed E-state index contributed by atoms with van der Waals surface area (Å²) in [6, 6.07) is 4.82. The van der Waals surface area contributed by atoms with Crippen LogP contribution in [0.3, 0.4) is 0 Å². The Morgan fingerprint density at radius 1 is 1.24 bits per heavy atom. The van der Waals surface area contributed by atoms with Gasteiger partial charge in [0.2, 0.25) is 0 Å². The summed E-state index contributed by atoms with van der Waals surface area (Å²) in [5.41, 5.74) is 0. The number of rotatable bonds is 10. The van der Waals surface area contributed by atoms with Crippen LogP contribution in [-0.2, 0) is 11.3 Å². The van der Waals surface area contributed by atoms with Crippen molar-refractivity contribution in [1.29, 1.82) is 0 Å². The van der Waals surface area contributed by atoms with E-state index >= 15 is 0 Å². The fourth-order valence-electron chi connectivity index (χ4n) is 1.64. The lowest BCUT2D eigenvalue weighted by Crippen LogP contribution is -2.23. The molecule has 0 spiro atoms. The van der Waals surface area contributed by atoms with Gasteiger partial charge in [0, 0.05) is 17.5 Å². The average molecular weight is 255 g/mol. The lowest BCUT2D eigenvalue weighted by atomic mass is 10.2. The predicted octanol–water partition coefficient (Wildman–Crippen LogP) is 3.82. The summed E-state index contributed by atoms with van der Waals surface area (Å²) in [5.74, 6) is 0. The van der Waals surface area contributed by atoms with Crippen LogP contribution >= 0.6 is 11.3 Å². The van der Waals surface area contributed by atoms with E-state index in [1.165, 1.54) is 30.6 Å². The van der Waals surface area contributed by atoms with Crippen molar-refractivity contribution < 1.29 is 4.74 Å². The number of hydrogen-bond donors (Lipinski definition) is 1. The summed E-state index contributed by atoms with van der Waals surface area (Å²) in [5, 5.41) is 5.53. The van der Waals surface area contributed by atoms with Crippen LogP contribution in [0.4, 0.5) is 0 Å². The summed E-state index contributed by atoms with van der Waals surface area (Å²) < 4.78 is 5.62. The number of thiophene rings is 1. The van der Waals surface area contributed by atoms with Crippen molar-refractivity contribution in [2.45, 2.75) is 52.2 Å². The van der Waals surface area contributed by atoms with E-state index in [0.717, 1.165) is 19.8 Å². The number of ether oxygens (including phenoxy) is 1. The predicted molar refractivity (Wildman–Crippen MR) is 75.6 cm³/mol. The van der Waals surface area contributed by atoms with Gasteiger partial charge in [0.05, 0.1) is 6.61 Å². The van der Waals surface area contributed by atoms with Gasteiger partial charge in [-0.2, -0.15) is 0 Å². The molecule has 0 aromatic carbocycles. The van der Waals surface area contributed by atoms with E-state index in [1.807, 2.05) is 0 Å². The highest BCUT2D eigenvalue weighted by Crippen LogP contribution is 2.10. The first-order valence-electron chi connectivity index (χ1n) is 6.62. The van der Waals surface area contributed by atoms with Crippen molar-refractivity contribution >= 4 is 11.3 Å². The van der Waals surface area contributed by atoms with E-state index in [4.69, 9.17) is 4.74 Å². The van der Waals surface area contributed by atoms with Crippen LogP contribution in [0.25, 0.3) is 0 Å². The summed E-state index contributed by atoms with van der Waals surface area (Å²) in [7, 11) is 0. The Morgan fingerprint density at radius 3 is 2.76 bits per heavy atom. The van der Waals surface area contributed by atoms with E-state index in [0.29, 0.717) is 6.04 Å². The van der Waals surface area contributed by atoms with Gasteiger partial charge in [-0.05, 0) is 30.8 Å². The molecule has 0 aliphatic carbocycles. The minimum absolute atomic E-state index is 0.615. The third-order valence-corrected chi connectivity index (χ3v) is 3.44. The fraction of sp³-hybridized carbons (Fsp3) is 0.714. The first kappa shape index (κ1) is 14.7. The van der Waals surface area contributed by atoms with E-state index in [9.17, 15) is 0 Å². The highest BCUT2D eigenvalue weighted by atomic mass is 32.1. The second-order valence-electron chi connectivity index (χ2n) is 4.65. The third-order valence-electron chi connectivity index (χ3n) is 2.59. The quantitative estimate of drug-likeness (QED) is 0.642. The van der Waals surface area contributed by atoms with Crippen LogP contribution in [0.15, 0.2) is 17.5 Å². The molecule has 0 saturated carbocycles. The van der Waals surface area contributed by atoms with Crippen LogP contribution in [0.2, 0.25) is 0 Å². The Bertz CT molecular complexity index is 259.